The Morgan fingerprint density at radius 2 is 2.16 bits per heavy atom. The van der Waals surface area contributed by atoms with Gasteiger partial charge in [-0.15, -0.1) is 11.3 Å². The van der Waals surface area contributed by atoms with Crippen LogP contribution in [0.1, 0.15) is 33.0 Å². The average molecular weight is 293 g/mol. The number of carbonyl (C=O) groups excluding carboxylic acids is 1. The molecule has 98 valence electrons. The van der Waals surface area contributed by atoms with Gasteiger partial charge in [0.05, 0.1) is 4.88 Å². The molecule has 2 aromatic heterocycles. The summed E-state index contributed by atoms with van der Waals surface area (Å²) in [6.45, 7) is 0. The maximum atomic E-state index is 12.2. The van der Waals surface area contributed by atoms with Crippen LogP contribution in [0.2, 0.25) is 5.15 Å². The van der Waals surface area contributed by atoms with E-state index < -0.39 is 0 Å². The Kier molecular flexibility index (Phi) is 3.53. The van der Waals surface area contributed by atoms with Gasteiger partial charge in [-0.2, -0.15) is 0 Å². The first-order chi connectivity index (χ1) is 9.22. The first-order valence-corrected chi connectivity index (χ1v) is 7.47. The van der Waals surface area contributed by atoms with Crippen LogP contribution in [0.3, 0.4) is 0 Å². The number of aryl methyl sites for hydroxylation is 2. The van der Waals surface area contributed by atoms with Crippen molar-refractivity contribution in [3.8, 4) is 0 Å². The van der Waals surface area contributed by atoms with Crippen molar-refractivity contribution in [2.45, 2.75) is 25.7 Å². The zero-order valence-electron chi connectivity index (χ0n) is 10.3. The third-order valence-corrected chi connectivity index (χ3v) is 4.62. The van der Waals surface area contributed by atoms with E-state index in [0.29, 0.717) is 11.0 Å². The Hall–Kier alpha value is -1.39. The first kappa shape index (κ1) is 12.6. The lowest BCUT2D eigenvalue weighted by Crippen LogP contribution is -2.11. The summed E-state index contributed by atoms with van der Waals surface area (Å²) in [4.78, 5) is 18.3. The van der Waals surface area contributed by atoms with Crippen LogP contribution in [0.5, 0.6) is 0 Å². The summed E-state index contributed by atoms with van der Waals surface area (Å²) in [5.41, 5.74) is 1.33. The molecule has 0 radical (unpaired) electrons. The minimum Gasteiger partial charge on any atom is -0.306 e. The van der Waals surface area contributed by atoms with Crippen molar-refractivity contribution in [3.63, 3.8) is 0 Å². The van der Waals surface area contributed by atoms with Crippen molar-refractivity contribution in [2.75, 3.05) is 5.32 Å². The molecule has 0 saturated carbocycles. The summed E-state index contributed by atoms with van der Waals surface area (Å²) in [6.07, 6.45) is 4.64. The van der Waals surface area contributed by atoms with Crippen molar-refractivity contribution < 1.29 is 4.79 Å². The number of pyridine rings is 1. The summed E-state index contributed by atoms with van der Waals surface area (Å²) in [7, 11) is 0. The number of rotatable bonds is 2. The van der Waals surface area contributed by atoms with Crippen molar-refractivity contribution in [1.29, 1.82) is 0 Å². The van der Waals surface area contributed by atoms with Crippen molar-refractivity contribution in [3.05, 3.63) is 44.7 Å². The number of halogens is 1. The Balaban J connectivity index is 1.78. The first-order valence-electron chi connectivity index (χ1n) is 6.28. The molecular formula is C14H13ClN2OS. The summed E-state index contributed by atoms with van der Waals surface area (Å²) in [5, 5.41) is 3.16. The molecule has 19 heavy (non-hydrogen) atoms. The topological polar surface area (TPSA) is 42.0 Å². The van der Waals surface area contributed by atoms with E-state index >= 15 is 0 Å². The lowest BCUT2D eigenvalue weighted by Gasteiger charge is -2.08. The molecule has 3 rings (SSSR count). The summed E-state index contributed by atoms with van der Waals surface area (Å²) in [5.74, 6) is 0.387. The normalized spacial score (nSPS) is 13.9. The van der Waals surface area contributed by atoms with E-state index in [4.69, 9.17) is 11.6 Å². The maximum Gasteiger partial charge on any atom is 0.266 e. The highest BCUT2D eigenvalue weighted by Gasteiger charge is 2.17. The molecule has 1 amide bonds. The van der Waals surface area contributed by atoms with E-state index in [0.717, 1.165) is 17.7 Å². The highest BCUT2D eigenvalue weighted by molar-refractivity contribution is 7.14. The monoisotopic (exact) mass is 292 g/mol. The average Bonchev–Trinajstić information content (AvgIpc) is 2.82. The number of nitrogens with one attached hydrogen (secondary N) is 1. The third-order valence-electron chi connectivity index (χ3n) is 3.18. The molecule has 0 aliphatic heterocycles. The fourth-order valence-electron chi connectivity index (χ4n) is 2.26. The van der Waals surface area contributed by atoms with Gasteiger partial charge < -0.3 is 5.32 Å². The van der Waals surface area contributed by atoms with Crippen LogP contribution in [0.15, 0.2) is 24.3 Å². The van der Waals surface area contributed by atoms with Crippen LogP contribution < -0.4 is 5.32 Å². The van der Waals surface area contributed by atoms with Gasteiger partial charge in [0.1, 0.15) is 11.0 Å². The van der Waals surface area contributed by atoms with E-state index in [1.165, 1.54) is 23.3 Å². The summed E-state index contributed by atoms with van der Waals surface area (Å²) in [6, 6.07) is 7.20. The van der Waals surface area contributed by atoms with Gasteiger partial charge in [0, 0.05) is 4.88 Å². The largest absolute Gasteiger partial charge is 0.306 e. The zero-order valence-corrected chi connectivity index (χ0v) is 11.9. The number of anilines is 1. The Morgan fingerprint density at radius 3 is 2.95 bits per heavy atom. The molecule has 5 heteroatoms. The highest BCUT2D eigenvalue weighted by Crippen LogP contribution is 2.30. The van der Waals surface area contributed by atoms with Crippen molar-refractivity contribution in [2.24, 2.45) is 0 Å². The molecule has 0 bridgehead atoms. The van der Waals surface area contributed by atoms with E-state index in [1.54, 1.807) is 29.5 Å². The summed E-state index contributed by atoms with van der Waals surface area (Å²) < 4.78 is 0. The van der Waals surface area contributed by atoms with Gasteiger partial charge >= 0.3 is 0 Å². The van der Waals surface area contributed by atoms with Gasteiger partial charge in [0.25, 0.3) is 5.91 Å². The zero-order chi connectivity index (χ0) is 13.2. The van der Waals surface area contributed by atoms with Crippen LogP contribution >= 0.6 is 22.9 Å². The molecule has 0 spiro atoms. The second kappa shape index (κ2) is 5.31. The molecule has 1 aliphatic rings. The van der Waals surface area contributed by atoms with Crippen molar-refractivity contribution in [1.82, 2.24) is 4.98 Å². The van der Waals surface area contributed by atoms with Gasteiger partial charge in [-0.25, -0.2) is 4.98 Å². The molecule has 3 nitrogen and oxygen atoms in total. The van der Waals surface area contributed by atoms with E-state index in [9.17, 15) is 4.79 Å². The van der Waals surface area contributed by atoms with Crippen LogP contribution in [0.25, 0.3) is 0 Å². The molecule has 0 aromatic carbocycles. The molecule has 0 unspecified atom stereocenters. The number of hydrogen-bond donors (Lipinski definition) is 1. The van der Waals surface area contributed by atoms with Gasteiger partial charge in [-0.3, -0.25) is 4.79 Å². The van der Waals surface area contributed by atoms with E-state index in [-0.39, 0.29) is 5.91 Å². The summed E-state index contributed by atoms with van der Waals surface area (Å²) >= 11 is 7.39. The number of nitrogens with zero attached hydrogens (tertiary/aromatic N) is 1. The molecule has 1 aliphatic carbocycles. The van der Waals surface area contributed by atoms with Gasteiger partial charge in [0.2, 0.25) is 0 Å². The van der Waals surface area contributed by atoms with E-state index in [1.807, 2.05) is 6.07 Å². The fraction of sp³-hybridized carbons (Fsp3) is 0.286. The standard InChI is InChI=1S/C14H13ClN2OS/c15-12-6-3-7-13(16-12)17-14(18)11-8-9-4-1-2-5-10(9)19-11/h3,6-8H,1-2,4-5H2,(H,16,17,18). The van der Waals surface area contributed by atoms with Crippen LogP contribution in [-0.2, 0) is 12.8 Å². The minimum absolute atomic E-state index is 0.103. The SMILES string of the molecule is O=C(Nc1cccc(Cl)n1)c1cc2c(s1)CCCC2. The number of thiophene rings is 1. The minimum atomic E-state index is -0.103. The number of fused-ring (bicyclic) bond motifs is 1. The quantitative estimate of drug-likeness (QED) is 0.852. The lowest BCUT2D eigenvalue weighted by atomic mass is 9.99. The van der Waals surface area contributed by atoms with Gasteiger partial charge in [-0.05, 0) is 49.4 Å². The molecule has 0 saturated heterocycles. The molecule has 0 fully saturated rings. The lowest BCUT2D eigenvalue weighted by molar-refractivity contribution is 0.103. The molecule has 2 heterocycles. The number of hydrogen-bond acceptors (Lipinski definition) is 3. The van der Waals surface area contributed by atoms with Crippen molar-refractivity contribution >= 4 is 34.7 Å². The number of aromatic nitrogens is 1. The second-order valence-corrected chi connectivity index (χ2v) is 6.09. The van der Waals surface area contributed by atoms with Crippen LogP contribution in [0.4, 0.5) is 5.82 Å². The smallest absolute Gasteiger partial charge is 0.266 e. The molecule has 0 atom stereocenters. The number of carbonyl (C=O) groups is 1. The molecular weight excluding hydrogens is 280 g/mol. The predicted molar refractivity (Wildman–Crippen MR) is 78.2 cm³/mol. The second-order valence-electron chi connectivity index (χ2n) is 4.57. The predicted octanol–water partition coefficient (Wildman–Crippen LogP) is 3.93. The fourth-order valence-corrected chi connectivity index (χ4v) is 3.57. The Bertz CT molecular complexity index is 600. The number of amides is 1. The Morgan fingerprint density at radius 1 is 1.32 bits per heavy atom. The molecule has 1 N–H and O–H groups in total. The van der Waals surface area contributed by atoms with Gasteiger partial charge in [-0.1, -0.05) is 17.7 Å². The van der Waals surface area contributed by atoms with Gasteiger partial charge in [0.15, 0.2) is 0 Å². The highest BCUT2D eigenvalue weighted by atomic mass is 35.5. The Labute approximate surface area is 120 Å². The van der Waals surface area contributed by atoms with Crippen LogP contribution in [-0.4, -0.2) is 10.9 Å². The molecule has 2 aromatic rings. The van der Waals surface area contributed by atoms with E-state index in [2.05, 4.69) is 10.3 Å². The third kappa shape index (κ3) is 2.80. The van der Waals surface area contributed by atoms with Crippen LogP contribution in [0, 0.1) is 0 Å². The maximum absolute atomic E-state index is 12.2.